The van der Waals surface area contributed by atoms with Crippen molar-refractivity contribution < 1.29 is 14.3 Å². The molecule has 0 saturated carbocycles. The lowest BCUT2D eigenvalue weighted by molar-refractivity contribution is -0.123. The molecule has 6 nitrogen and oxygen atoms in total. The van der Waals surface area contributed by atoms with Gasteiger partial charge in [0.2, 0.25) is 5.91 Å². The number of nitrogens with one attached hydrogen (secondary N) is 1. The maximum atomic E-state index is 13.9. The number of rotatable bonds is 7. The third-order valence-electron chi connectivity index (χ3n) is 7.13. The predicted molar refractivity (Wildman–Crippen MR) is 130 cm³/mol. The van der Waals surface area contributed by atoms with Crippen molar-refractivity contribution >= 4 is 11.6 Å². The molecule has 0 radical (unpaired) electrons. The number of nitrogens with zero attached hydrogens (tertiary/aromatic N) is 3. The Labute approximate surface area is 201 Å². The molecule has 180 valence electrons. The number of aliphatic hydroxyl groups is 1. The van der Waals surface area contributed by atoms with E-state index in [2.05, 4.69) is 22.3 Å². The fourth-order valence-corrected chi connectivity index (χ4v) is 5.05. The maximum Gasteiger partial charge on any atom is 0.230 e. The van der Waals surface area contributed by atoms with E-state index in [-0.39, 0.29) is 29.9 Å². The number of likely N-dealkylation sites (tertiary alicyclic amines) is 1. The van der Waals surface area contributed by atoms with Crippen molar-refractivity contribution in [2.45, 2.75) is 38.3 Å². The highest BCUT2D eigenvalue weighted by molar-refractivity contribution is 5.95. The van der Waals surface area contributed by atoms with E-state index in [0.29, 0.717) is 5.69 Å². The van der Waals surface area contributed by atoms with Gasteiger partial charge in [-0.3, -0.25) is 9.69 Å². The van der Waals surface area contributed by atoms with Crippen molar-refractivity contribution in [2.75, 3.05) is 37.6 Å². The molecular formula is C27H33FN4O2. The molecule has 2 saturated heterocycles. The second-order valence-corrected chi connectivity index (χ2v) is 9.42. The van der Waals surface area contributed by atoms with E-state index in [0.717, 1.165) is 58.4 Å². The molecule has 2 aliphatic heterocycles. The molecule has 0 spiro atoms. The van der Waals surface area contributed by atoms with Crippen LogP contribution in [0.2, 0.25) is 0 Å². The number of halogens is 1. The molecule has 2 aromatic carbocycles. The van der Waals surface area contributed by atoms with E-state index in [9.17, 15) is 19.6 Å². The van der Waals surface area contributed by atoms with Gasteiger partial charge in [-0.25, -0.2) is 4.39 Å². The molecule has 0 aliphatic carbocycles. The molecule has 0 unspecified atom stereocenters. The molecule has 2 aliphatic rings. The number of hydrogen-bond acceptors (Lipinski definition) is 5. The first-order chi connectivity index (χ1) is 16.5. The number of anilines is 1. The van der Waals surface area contributed by atoms with E-state index in [4.69, 9.17) is 0 Å². The lowest BCUT2D eigenvalue weighted by Crippen LogP contribution is -2.47. The minimum absolute atomic E-state index is 0.0578. The fourth-order valence-electron chi connectivity index (χ4n) is 5.05. The molecule has 2 heterocycles. The van der Waals surface area contributed by atoms with Crippen LogP contribution in [0.5, 0.6) is 0 Å². The van der Waals surface area contributed by atoms with Crippen molar-refractivity contribution in [2.24, 2.45) is 11.8 Å². The van der Waals surface area contributed by atoms with Gasteiger partial charge >= 0.3 is 0 Å². The van der Waals surface area contributed by atoms with Crippen LogP contribution in [0.4, 0.5) is 10.1 Å². The normalized spacial score (nSPS) is 18.9. The van der Waals surface area contributed by atoms with Crippen LogP contribution in [-0.4, -0.2) is 54.7 Å². The van der Waals surface area contributed by atoms with Gasteiger partial charge in [0, 0.05) is 18.2 Å². The summed E-state index contributed by atoms with van der Waals surface area (Å²) in [5.74, 6) is -0.715. The number of nitriles is 1. The number of piperidine rings is 2. The Kier molecular flexibility index (Phi) is 8.28. The van der Waals surface area contributed by atoms with Crippen LogP contribution in [0.25, 0.3) is 0 Å². The van der Waals surface area contributed by atoms with Crippen LogP contribution in [0.3, 0.4) is 0 Å². The molecule has 0 aromatic heterocycles. The van der Waals surface area contributed by atoms with Crippen molar-refractivity contribution in [1.29, 1.82) is 5.26 Å². The third kappa shape index (κ3) is 6.01. The van der Waals surface area contributed by atoms with Crippen LogP contribution >= 0.6 is 0 Å². The molecule has 34 heavy (non-hydrogen) atoms. The third-order valence-corrected chi connectivity index (χ3v) is 7.13. The number of aliphatic hydroxyl groups excluding tert-OH is 1. The van der Waals surface area contributed by atoms with Crippen molar-refractivity contribution in [1.82, 2.24) is 10.2 Å². The van der Waals surface area contributed by atoms with E-state index >= 15 is 0 Å². The summed E-state index contributed by atoms with van der Waals surface area (Å²) in [4.78, 5) is 17.4. The molecule has 0 bridgehead atoms. The van der Waals surface area contributed by atoms with Crippen LogP contribution < -0.4 is 10.2 Å². The lowest BCUT2D eigenvalue weighted by Gasteiger charge is -2.37. The van der Waals surface area contributed by atoms with E-state index in [1.54, 1.807) is 4.90 Å². The van der Waals surface area contributed by atoms with Crippen molar-refractivity contribution in [3.05, 3.63) is 65.5 Å². The van der Waals surface area contributed by atoms with Crippen LogP contribution in [0, 0.1) is 29.0 Å². The van der Waals surface area contributed by atoms with Crippen LogP contribution in [0.1, 0.15) is 36.8 Å². The average Bonchev–Trinajstić information content (AvgIpc) is 2.89. The van der Waals surface area contributed by atoms with Gasteiger partial charge in [-0.1, -0.05) is 30.3 Å². The van der Waals surface area contributed by atoms with Crippen molar-refractivity contribution in [3.63, 3.8) is 0 Å². The Hall–Kier alpha value is -2.79. The summed E-state index contributed by atoms with van der Waals surface area (Å²) >= 11 is 0. The number of carbonyl (C=O) groups is 1. The Balaban J connectivity index is 1.43. The summed E-state index contributed by atoms with van der Waals surface area (Å²) in [5.41, 5.74) is 1.66. The lowest BCUT2D eigenvalue weighted by atomic mass is 9.90. The summed E-state index contributed by atoms with van der Waals surface area (Å²) in [6.07, 6.45) is 2.50. The highest BCUT2D eigenvalue weighted by atomic mass is 19.1. The Morgan fingerprint density at radius 2 is 1.85 bits per heavy atom. The van der Waals surface area contributed by atoms with E-state index in [1.165, 1.54) is 23.8 Å². The molecule has 2 aromatic rings. The monoisotopic (exact) mass is 464 g/mol. The first kappa shape index (κ1) is 24.3. The van der Waals surface area contributed by atoms with E-state index < -0.39 is 11.9 Å². The van der Waals surface area contributed by atoms with Gasteiger partial charge in [0.1, 0.15) is 11.9 Å². The number of carbonyl (C=O) groups excluding carboxylic acids is 1. The maximum absolute atomic E-state index is 13.9. The standard InChI is InChI=1S/C27H33FN4O2/c28-25-7-6-24(16-23(25)17-29)32(27(34)22-8-12-30-13-9-22)19-26(33)21-10-14-31(15-11-21)18-20-4-2-1-3-5-20/h1-7,16,21-22,26,30,33H,8-15,18-19H2/t26-/m1/s1. The van der Waals surface area contributed by atoms with Crippen LogP contribution in [-0.2, 0) is 11.3 Å². The molecule has 1 atom stereocenters. The highest BCUT2D eigenvalue weighted by Gasteiger charge is 2.32. The first-order valence-electron chi connectivity index (χ1n) is 12.2. The van der Waals surface area contributed by atoms with Crippen molar-refractivity contribution in [3.8, 4) is 6.07 Å². The molecule has 7 heteroatoms. The number of benzene rings is 2. The van der Waals surface area contributed by atoms with Gasteiger partial charge in [-0.05, 0) is 81.5 Å². The zero-order chi connectivity index (χ0) is 23.9. The minimum Gasteiger partial charge on any atom is -0.391 e. The highest BCUT2D eigenvalue weighted by Crippen LogP contribution is 2.27. The molecular weight excluding hydrogens is 431 g/mol. The average molecular weight is 465 g/mol. The topological polar surface area (TPSA) is 79.6 Å². The summed E-state index contributed by atoms with van der Waals surface area (Å²) in [6, 6.07) is 16.4. The SMILES string of the molecule is N#Cc1cc(N(C[C@@H](O)C2CCN(Cc3ccccc3)CC2)C(=O)C2CCNCC2)ccc1F. The van der Waals surface area contributed by atoms with Gasteiger partial charge in [-0.15, -0.1) is 0 Å². The summed E-state index contributed by atoms with van der Waals surface area (Å²) in [6.45, 7) is 4.40. The predicted octanol–water partition coefficient (Wildman–Crippen LogP) is 3.30. The quantitative estimate of drug-likeness (QED) is 0.657. The van der Waals surface area contributed by atoms with Gasteiger partial charge < -0.3 is 15.3 Å². The van der Waals surface area contributed by atoms with E-state index in [1.807, 2.05) is 24.3 Å². The molecule has 2 fully saturated rings. The summed E-state index contributed by atoms with van der Waals surface area (Å²) < 4.78 is 13.9. The summed E-state index contributed by atoms with van der Waals surface area (Å²) in [7, 11) is 0. The number of amides is 1. The first-order valence-corrected chi connectivity index (χ1v) is 12.2. The van der Waals surface area contributed by atoms with Gasteiger partial charge in [-0.2, -0.15) is 5.26 Å². The largest absolute Gasteiger partial charge is 0.391 e. The number of hydrogen-bond donors (Lipinski definition) is 2. The molecule has 2 N–H and O–H groups in total. The minimum atomic E-state index is -0.680. The Bertz CT molecular complexity index is 995. The Morgan fingerprint density at radius 3 is 2.53 bits per heavy atom. The molecule has 1 amide bonds. The Morgan fingerprint density at radius 1 is 1.15 bits per heavy atom. The van der Waals surface area contributed by atoms with Gasteiger partial charge in [0.25, 0.3) is 0 Å². The second-order valence-electron chi connectivity index (χ2n) is 9.42. The van der Waals surface area contributed by atoms with Crippen LogP contribution in [0.15, 0.2) is 48.5 Å². The molecule has 4 rings (SSSR count). The zero-order valence-corrected chi connectivity index (χ0v) is 19.5. The smallest absolute Gasteiger partial charge is 0.230 e. The second kappa shape index (κ2) is 11.6. The zero-order valence-electron chi connectivity index (χ0n) is 19.5. The fraction of sp³-hybridized carbons (Fsp3) is 0.481. The summed E-state index contributed by atoms with van der Waals surface area (Å²) in [5, 5.41) is 23.7. The van der Waals surface area contributed by atoms with Gasteiger partial charge in [0.15, 0.2) is 0 Å². The van der Waals surface area contributed by atoms with Gasteiger partial charge in [0.05, 0.1) is 18.2 Å².